The van der Waals surface area contributed by atoms with Crippen LogP contribution in [0.5, 0.6) is 5.75 Å². The minimum absolute atomic E-state index is 0.0871. The number of carboxylic acids is 1. The molecule has 6 heteroatoms. The van der Waals surface area contributed by atoms with Crippen molar-refractivity contribution in [1.29, 1.82) is 0 Å². The molecule has 0 aliphatic heterocycles. The van der Waals surface area contributed by atoms with Gasteiger partial charge in [-0.2, -0.15) is 5.10 Å². The number of ether oxygens (including phenoxy) is 1. The molecule has 0 saturated heterocycles. The Kier molecular flexibility index (Phi) is 3.57. The number of carbonyl (C=O) groups is 1. The molecule has 0 bridgehead atoms. The first-order valence-corrected chi connectivity index (χ1v) is 6.57. The van der Waals surface area contributed by atoms with Crippen LogP contribution in [0.25, 0.3) is 16.9 Å². The molecule has 0 amide bonds. The lowest BCUT2D eigenvalue weighted by Crippen LogP contribution is -2.07. The van der Waals surface area contributed by atoms with E-state index >= 15 is 0 Å². The van der Waals surface area contributed by atoms with Gasteiger partial charge in [0.25, 0.3) is 0 Å². The van der Waals surface area contributed by atoms with E-state index in [9.17, 15) is 9.90 Å². The predicted octanol–water partition coefficient (Wildman–Crippen LogP) is 2.64. The summed E-state index contributed by atoms with van der Waals surface area (Å²) in [7, 11) is 1.58. The number of nitrogens with zero attached hydrogens (tertiary/aromatic N) is 3. The Labute approximate surface area is 126 Å². The van der Waals surface area contributed by atoms with E-state index in [2.05, 4.69) is 10.1 Å². The number of carboxylic acid groups (broad SMARTS) is 1. The zero-order valence-corrected chi connectivity index (χ0v) is 11.8. The second-order valence-electron chi connectivity index (χ2n) is 4.57. The van der Waals surface area contributed by atoms with Crippen molar-refractivity contribution >= 4 is 5.97 Å². The fraction of sp³-hybridized carbons (Fsp3) is 0.0625. The van der Waals surface area contributed by atoms with Gasteiger partial charge in [-0.3, -0.25) is 4.98 Å². The number of methoxy groups -OCH3 is 1. The SMILES string of the molecule is COc1ccc(-n2nc(-c3cccnc3)cc2C(=O)O)cc1. The zero-order valence-electron chi connectivity index (χ0n) is 11.8. The van der Waals surface area contributed by atoms with Gasteiger partial charge in [0.2, 0.25) is 0 Å². The van der Waals surface area contributed by atoms with Crippen molar-refractivity contribution in [2.24, 2.45) is 0 Å². The van der Waals surface area contributed by atoms with E-state index in [0.29, 0.717) is 17.1 Å². The number of rotatable bonds is 4. The molecule has 110 valence electrons. The van der Waals surface area contributed by atoms with E-state index < -0.39 is 5.97 Å². The lowest BCUT2D eigenvalue weighted by molar-refractivity contribution is 0.0687. The van der Waals surface area contributed by atoms with Crippen LogP contribution in [0.15, 0.2) is 54.9 Å². The van der Waals surface area contributed by atoms with Crippen LogP contribution in [0.3, 0.4) is 0 Å². The van der Waals surface area contributed by atoms with Crippen LogP contribution in [0, 0.1) is 0 Å². The van der Waals surface area contributed by atoms with Gasteiger partial charge in [0.1, 0.15) is 5.75 Å². The van der Waals surface area contributed by atoms with Crippen LogP contribution >= 0.6 is 0 Å². The van der Waals surface area contributed by atoms with Gasteiger partial charge >= 0.3 is 5.97 Å². The van der Waals surface area contributed by atoms with Crippen LogP contribution in [-0.4, -0.2) is 33.0 Å². The number of benzene rings is 1. The molecule has 6 nitrogen and oxygen atoms in total. The summed E-state index contributed by atoms with van der Waals surface area (Å²) in [5, 5.41) is 13.8. The largest absolute Gasteiger partial charge is 0.497 e. The molecule has 0 spiro atoms. The Morgan fingerprint density at radius 3 is 2.59 bits per heavy atom. The standard InChI is InChI=1S/C16H13N3O3/c1-22-13-6-4-12(5-7-13)19-15(16(20)21)9-14(18-19)11-3-2-8-17-10-11/h2-10H,1H3,(H,20,21). The molecule has 3 rings (SSSR count). The normalized spacial score (nSPS) is 10.4. The van der Waals surface area contributed by atoms with Crippen molar-refractivity contribution in [3.05, 3.63) is 60.6 Å². The Morgan fingerprint density at radius 1 is 1.23 bits per heavy atom. The van der Waals surface area contributed by atoms with Crippen LogP contribution in [0.4, 0.5) is 0 Å². The Hall–Kier alpha value is -3.15. The molecule has 1 N–H and O–H groups in total. The van der Waals surface area contributed by atoms with Crippen molar-refractivity contribution in [1.82, 2.24) is 14.8 Å². The van der Waals surface area contributed by atoms with E-state index in [1.54, 1.807) is 49.8 Å². The molecule has 22 heavy (non-hydrogen) atoms. The number of hydrogen-bond donors (Lipinski definition) is 1. The second kappa shape index (κ2) is 5.69. The first kappa shape index (κ1) is 13.8. The minimum atomic E-state index is -1.04. The van der Waals surface area contributed by atoms with Gasteiger partial charge in [0, 0.05) is 18.0 Å². The molecule has 3 aromatic rings. The van der Waals surface area contributed by atoms with E-state index in [4.69, 9.17) is 4.74 Å². The average molecular weight is 295 g/mol. The third kappa shape index (κ3) is 2.54. The summed E-state index contributed by atoms with van der Waals surface area (Å²) in [4.78, 5) is 15.5. The molecule has 0 fully saturated rings. The predicted molar refractivity (Wildman–Crippen MR) is 80.3 cm³/mol. The summed E-state index contributed by atoms with van der Waals surface area (Å²) in [5.41, 5.74) is 2.05. The molecule has 0 atom stereocenters. The summed E-state index contributed by atoms with van der Waals surface area (Å²) >= 11 is 0. The Balaban J connectivity index is 2.09. The second-order valence-corrected chi connectivity index (χ2v) is 4.57. The molecule has 0 aliphatic rings. The highest BCUT2D eigenvalue weighted by Gasteiger charge is 2.16. The van der Waals surface area contributed by atoms with Gasteiger partial charge < -0.3 is 9.84 Å². The first-order valence-electron chi connectivity index (χ1n) is 6.57. The van der Waals surface area contributed by atoms with Gasteiger partial charge in [-0.15, -0.1) is 0 Å². The molecule has 0 aliphatic carbocycles. The van der Waals surface area contributed by atoms with Crippen molar-refractivity contribution in [2.75, 3.05) is 7.11 Å². The Morgan fingerprint density at radius 2 is 2.00 bits per heavy atom. The monoisotopic (exact) mass is 295 g/mol. The molecule has 0 radical (unpaired) electrons. The summed E-state index contributed by atoms with van der Waals surface area (Å²) in [5.74, 6) is -0.348. The van der Waals surface area contributed by atoms with E-state index in [1.807, 2.05) is 6.07 Å². The fourth-order valence-corrected chi connectivity index (χ4v) is 2.11. The summed E-state index contributed by atoms with van der Waals surface area (Å²) in [6.07, 6.45) is 3.30. The van der Waals surface area contributed by atoms with Crippen molar-refractivity contribution in [3.8, 4) is 22.7 Å². The van der Waals surface area contributed by atoms with Gasteiger partial charge in [0.05, 0.1) is 18.5 Å². The smallest absolute Gasteiger partial charge is 0.354 e. The number of pyridine rings is 1. The zero-order chi connectivity index (χ0) is 15.5. The summed E-state index contributed by atoms with van der Waals surface area (Å²) in [6.45, 7) is 0. The maximum Gasteiger partial charge on any atom is 0.354 e. The van der Waals surface area contributed by atoms with E-state index in [1.165, 1.54) is 10.7 Å². The van der Waals surface area contributed by atoms with Gasteiger partial charge in [-0.05, 0) is 42.5 Å². The highest BCUT2D eigenvalue weighted by atomic mass is 16.5. The van der Waals surface area contributed by atoms with Crippen LogP contribution in [0.2, 0.25) is 0 Å². The third-order valence-electron chi connectivity index (χ3n) is 3.20. The minimum Gasteiger partial charge on any atom is -0.497 e. The van der Waals surface area contributed by atoms with Crippen molar-refractivity contribution < 1.29 is 14.6 Å². The molecule has 0 unspecified atom stereocenters. The number of aromatic carboxylic acids is 1. The van der Waals surface area contributed by atoms with Crippen molar-refractivity contribution in [2.45, 2.75) is 0 Å². The highest BCUT2D eigenvalue weighted by Crippen LogP contribution is 2.22. The van der Waals surface area contributed by atoms with E-state index in [0.717, 1.165) is 5.56 Å². The Bertz CT molecular complexity index is 795. The lowest BCUT2D eigenvalue weighted by Gasteiger charge is -2.05. The average Bonchev–Trinajstić information content (AvgIpc) is 3.01. The van der Waals surface area contributed by atoms with E-state index in [-0.39, 0.29) is 5.69 Å². The van der Waals surface area contributed by atoms with Crippen LogP contribution < -0.4 is 4.74 Å². The van der Waals surface area contributed by atoms with Gasteiger partial charge in [0.15, 0.2) is 5.69 Å². The van der Waals surface area contributed by atoms with Gasteiger partial charge in [-0.1, -0.05) is 0 Å². The highest BCUT2D eigenvalue weighted by molar-refractivity contribution is 5.88. The topological polar surface area (TPSA) is 77.2 Å². The molecule has 2 aromatic heterocycles. The van der Waals surface area contributed by atoms with Crippen LogP contribution in [-0.2, 0) is 0 Å². The number of aromatic nitrogens is 3. The molecular weight excluding hydrogens is 282 g/mol. The first-order chi connectivity index (χ1) is 10.7. The molecule has 0 saturated carbocycles. The summed E-state index contributed by atoms with van der Waals surface area (Å²) in [6, 6.07) is 12.2. The lowest BCUT2D eigenvalue weighted by atomic mass is 10.2. The van der Waals surface area contributed by atoms with Crippen LogP contribution in [0.1, 0.15) is 10.5 Å². The molecular formula is C16H13N3O3. The maximum absolute atomic E-state index is 11.5. The third-order valence-corrected chi connectivity index (χ3v) is 3.20. The molecule has 2 heterocycles. The van der Waals surface area contributed by atoms with Gasteiger partial charge in [-0.25, -0.2) is 9.48 Å². The fourth-order valence-electron chi connectivity index (χ4n) is 2.11. The summed E-state index contributed by atoms with van der Waals surface area (Å²) < 4.78 is 6.50. The number of hydrogen-bond acceptors (Lipinski definition) is 4. The molecule has 1 aromatic carbocycles. The maximum atomic E-state index is 11.5. The quantitative estimate of drug-likeness (QED) is 0.800. The van der Waals surface area contributed by atoms with Crippen molar-refractivity contribution in [3.63, 3.8) is 0 Å².